The first-order chi connectivity index (χ1) is 9.66. The summed E-state index contributed by atoms with van der Waals surface area (Å²) in [4.78, 5) is 12.6. The summed E-state index contributed by atoms with van der Waals surface area (Å²) >= 11 is 0. The van der Waals surface area contributed by atoms with E-state index in [-0.39, 0.29) is 11.3 Å². The maximum Gasteiger partial charge on any atom is 0.232 e. The van der Waals surface area contributed by atoms with Crippen molar-refractivity contribution in [3.8, 4) is 0 Å². The highest BCUT2D eigenvalue weighted by molar-refractivity contribution is 5.94. The van der Waals surface area contributed by atoms with Crippen molar-refractivity contribution in [1.82, 2.24) is 0 Å². The second-order valence-electron chi connectivity index (χ2n) is 6.16. The number of carbonyl (C=O) groups excluding carboxylic acids is 1. The highest BCUT2D eigenvalue weighted by Gasteiger charge is 2.40. The largest absolute Gasteiger partial charge is 0.446 e. The van der Waals surface area contributed by atoms with Crippen LogP contribution in [-0.2, 0) is 4.79 Å². The van der Waals surface area contributed by atoms with Gasteiger partial charge in [0.15, 0.2) is 5.88 Å². The van der Waals surface area contributed by atoms with Crippen LogP contribution in [0.3, 0.4) is 0 Å². The van der Waals surface area contributed by atoms with Crippen LogP contribution in [-0.4, -0.2) is 5.91 Å². The molecule has 3 nitrogen and oxygen atoms in total. The van der Waals surface area contributed by atoms with Crippen LogP contribution >= 0.6 is 0 Å². The molecule has 1 amide bonds. The minimum absolute atomic E-state index is 0.144. The Hall–Kier alpha value is -1.25. The van der Waals surface area contributed by atoms with Crippen LogP contribution in [0.1, 0.15) is 70.5 Å². The maximum absolute atomic E-state index is 12.6. The molecule has 0 spiro atoms. The molecule has 1 saturated carbocycles. The molecule has 1 heterocycles. The summed E-state index contributed by atoms with van der Waals surface area (Å²) in [6.07, 6.45) is 10.4. The summed E-state index contributed by atoms with van der Waals surface area (Å²) in [5.74, 6) is 1.59. The van der Waals surface area contributed by atoms with Crippen molar-refractivity contribution >= 4 is 11.8 Å². The van der Waals surface area contributed by atoms with Crippen molar-refractivity contribution in [2.75, 3.05) is 5.32 Å². The Morgan fingerprint density at radius 1 is 1.25 bits per heavy atom. The zero-order chi connectivity index (χ0) is 14.4. The molecule has 0 radical (unpaired) electrons. The first-order valence-electron chi connectivity index (χ1n) is 8.04. The van der Waals surface area contributed by atoms with Crippen LogP contribution in [0.2, 0.25) is 0 Å². The Morgan fingerprint density at radius 3 is 2.60 bits per heavy atom. The molecule has 20 heavy (non-hydrogen) atoms. The number of aryl methyl sites for hydroxylation is 1. The van der Waals surface area contributed by atoms with Crippen molar-refractivity contribution in [3.63, 3.8) is 0 Å². The highest BCUT2D eigenvalue weighted by atomic mass is 16.4. The van der Waals surface area contributed by atoms with E-state index < -0.39 is 0 Å². The predicted octanol–water partition coefficient (Wildman–Crippen LogP) is 5.06. The van der Waals surface area contributed by atoms with Gasteiger partial charge in [-0.1, -0.05) is 45.4 Å². The lowest BCUT2D eigenvalue weighted by Crippen LogP contribution is -2.33. The average Bonchev–Trinajstić information content (AvgIpc) is 3.05. The second-order valence-corrected chi connectivity index (χ2v) is 6.16. The van der Waals surface area contributed by atoms with E-state index in [0.29, 0.717) is 5.88 Å². The zero-order valence-corrected chi connectivity index (χ0v) is 12.8. The van der Waals surface area contributed by atoms with Gasteiger partial charge in [-0.25, -0.2) is 0 Å². The molecule has 1 aromatic heterocycles. The lowest BCUT2D eigenvalue weighted by Gasteiger charge is -2.27. The van der Waals surface area contributed by atoms with E-state index in [4.69, 9.17) is 4.42 Å². The third-order valence-electron chi connectivity index (χ3n) is 4.53. The monoisotopic (exact) mass is 277 g/mol. The summed E-state index contributed by atoms with van der Waals surface area (Å²) < 4.78 is 5.47. The van der Waals surface area contributed by atoms with E-state index in [0.717, 1.165) is 25.0 Å². The third kappa shape index (κ3) is 3.65. The van der Waals surface area contributed by atoms with Crippen molar-refractivity contribution in [1.29, 1.82) is 0 Å². The van der Waals surface area contributed by atoms with Crippen LogP contribution in [0.4, 0.5) is 5.88 Å². The predicted molar refractivity (Wildman–Crippen MR) is 81.7 cm³/mol. The van der Waals surface area contributed by atoms with Crippen LogP contribution in [0.25, 0.3) is 0 Å². The molecule has 3 heteroatoms. The van der Waals surface area contributed by atoms with Gasteiger partial charge in [0.1, 0.15) is 5.76 Å². The van der Waals surface area contributed by atoms with Gasteiger partial charge >= 0.3 is 0 Å². The van der Waals surface area contributed by atoms with E-state index in [1.807, 2.05) is 19.1 Å². The summed E-state index contributed by atoms with van der Waals surface area (Å²) in [6, 6.07) is 3.73. The summed E-state index contributed by atoms with van der Waals surface area (Å²) in [5.41, 5.74) is -0.144. The maximum atomic E-state index is 12.6. The Morgan fingerprint density at radius 2 is 2.00 bits per heavy atom. The van der Waals surface area contributed by atoms with E-state index in [9.17, 15) is 4.79 Å². The molecule has 1 aromatic rings. The summed E-state index contributed by atoms with van der Waals surface area (Å²) in [6.45, 7) is 4.11. The molecule has 0 aromatic carbocycles. The first-order valence-corrected chi connectivity index (χ1v) is 8.04. The van der Waals surface area contributed by atoms with E-state index >= 15 is 0 Å². The zero-order valence-electron chi connectivity index (χ0n) is 12.8. The van der Waals surface area contributed by atoms with Crippen molar-refractivity contribution in [2.45, 2.75) is 71.6 Å². The summed E-state index contributed by atoms with van der Waals surface area (Å²) in [5, 5.41) is 2.98. The van der Waals surface area contributed by atoms with Gasteiger partial charge < -0.3 is 4.42 Å². The summed E-state index contributed by atoms with van der Waals surface area (Å²) in [7, 11) is 0. The number of hydrogen-bond acceptors (Lipinski definition) is 2. The quantitative estimate of drug-likeness (QED) is 0.708. The minimum atomic E-state index is -0.144. The molecular formula is C17H27NO2. The molecule has 112 valence electrons. The molecule has 0 aliphatic heterocycles. The Labute approximate surface area is 122 Å². The lowest BCUT2D eigenvalue weighted by atomic mass is 9.80. The topological polar surface area (TPSA) is 42.2 Å². The lowest BCUT2D eigenvalue weighted by molar-refractivity contribution is -0.126. The fourth-order valence-corrected chi connectivity index (χ4v) is 3.28. The normalized spacial score (nSPS) is 17.3. The fourth-order valence-electron chi connectivity index (χ4n) is 3.28. The molecule has 0 saturated heterocycles. The van der Waals surface area contributed by atoms with E-state index in [1.165, 1.54) is 38.5 Å². The fraction of sp³-hybridized carbons (Fsp3) is 0.706. The van der Waals surface area contributed by atoms with Crippen LogP contribution < -0.4 is 5.32 Å². The molecule has 2 rings (SSSR count). The van der Waals surface area contributed by atoms with Crippen LogP contribution in [0.15, 0.2) is 16.5 Å². The number of rotatable bonds is 7. The van der Waals surface area contributed by atoms with Crippen molar-refractivity contribution in [2.24, 2.45) is 5.41 Å². The molecular weight excluding hydrogens is 250 g/mol. The molecule has 0 bridgehead atoms. The third-order valence-corrected chi connectivity index (χ3v) is 4.53. The molecule has 1 fully saturated rings. The molecule has 1 aliphatic rings. The van der Waals surface area contributed by atoms with E-state index in [2.05, 4.69) is 12.2 Å². The Kier molecular flexibility index (Phi) is 5.27. The van der Waals surface area contributed by atoms with Gasteiger partial charge in [0.05, 0.1) is 0 Å². The molecule has 1 aliphatic carbocycles. The van der Waals surface area contributed by atoms with Crippen LogP contribution in [0.5, 0.6) is 0 Å². The number of amides is 1. The molecule has 0 atom stereocenters. The Bertz CT molecular complexity index is 430. The van der Waals surface area contributed by atoms with Gasteiger partial charge in [0.25, 0.3) is 0 Å². The molecule has 0 unspecified atom stereocenters. The number of anilines is 1. The highest BCUT2D eigenvalue weighted by Crippen LogP contribution is 2.43. The van der Waals surface area contributed by atoms with Crippen molar-refractivity contribution in [3.05, 3.63) is 17.9 Å². The number of furan rings is 1. The van der Waals surface area contributed by atoms with Gasteiger partial charge in [0, 0.05) is 11.5 Å². The minimum Gasteiger partial charge on any atom is -0.446 e. The van der Waals surface area contributed by atoms with Crippen molar-refractivity contribution < 1.29 is 9.21 Å². The SMILES string of the molecule is CCCCCCC1(C(=O)Nc2ccc(C)o2)CCCC1. The first kappa shape index (κ1) is 15.1. The standard InChI is InChI=1S/C17H27NO2/c1-3-4-5-6-11-17(12-7-8-13-17)16(19)18-15-10-9-14(2)20-15/h9-10H,3-8,11-13H2,1-2H3,(H,18,19). The number of nitrogens with one attached hydrogen (secondary N) is 1. The Balaban J connectivity index is 1.94. The van der Waals surface area contributed by atoms with Gasteiger partial charge in [-0.05, 0) is 32.3 Å². The number of carbonyl (C=O) groups is 1. The molecule has 1 N–H and O–H groups in total. The average molecular weight is 277 g/mol. The second kappa shape index (κ2) is 6.96. The number of hydrogen-bond donors (Lipinski definition) is 1. The van der Waals surface area contributed by atoms with E-state index in [1.54, 1.807) is 0 Å². The van der Waals surface area contributed by atoms with Crippen LogP contribution in [0, 0.1) is 12.3 Å². The smallest absolute Gasteiger partial charge is 0.232 e. The van der Waals surface area contributed by atoms with Gasteiger partial charge in [-0.15, -0.1) is 0 Å². The van der Waals surface area contributed by atoms with Gasteiger partial charge in [-0.3, -0.25) is 10.1 Å². The van der Waals surface area contributed by atoms with Gasteiger partial charge in [-0.2, -0.15) is 0 Å². The van der Waals surface area contributed by atoms with Gasteiger partial charge in [0.2, 0.25) is 5.91 Å². The number of unbranched alkanes of at least 4 members (excludes halogenated alkanes) is 3.